The molecule has 0 amide bonds. The van der Waals surface area contributed by atoms with Crippen LogP contribution in [0.25, 0.3) is 0 Å². The Kier molecular flexibility index (Phi) is 8.07. The standard InChI is InChI=1S/C19H32N2O2/c1-6-7-8-9-10-11-12-13-14-16-17(21(5)15-20-16)18(22)23-19(2,3)4/h6,15H,1,7-14H2,2-5H3. The maximum atomic E-state index is 12.3. The molecule has 0 bridgehead atoms. The number of aromatic nitrogens is 2. The molecule has 4 nitrogen and oxygen atoms in total. The lowest BCUT2D eigenvalue weighted by Gasteiger charge is -2.20. The molecule has 1 aromatic heterocycles. The van der Waals surface area contributed by atoms with Crippen molar-refractivity contribution in [2.75, 3.05) is 0 Å². The molecule has 0 spiro atoms. The van der Waals surface area contributed by atoms with Gasteiger partial charge in [-0.05, 0) is 46.5 Å². The van der Waals surface area contributed by atoms with Gasteiger partial charge in [-0.1, -0.05) is 31.8 Å². The Hall–Kier alpha value is -1.58. The van der Waals surface area contributed by atoms with Crippen molar-refractivity contribution in [3.05, 3.63) is 30.4 Å². The smallest absolute Gasteiger partial charge is 0.357 e. The number of carbonyl (C=O) groups excluding carboxylic acids is 1. The van der Waals surface area contributed by atoms with Gasteiger partial charge >= 0.3 is 5.97 Å². The highest BCUT2D eigenvalue weighted by molar-refractivity contribution is 5.89. The van der Waals surface area contributed by atoms with Crippen LogP contribution in [0.3, 0.4) is 0 Å². The molecule has 0 radical (unpaired) electrons. The molecule has 0 aliphatic rings. The lowest BCUT2D eigenvalue weighted by Crippen LogP contribution is -2.25. The first-order valence-corrected chi connectivity index (χ1v) is 8.69. The quantitative estimate of drug-likeness (QED) is 0.352. The van der Waals surface area contributed by atoms with E-state index in [4.69, 9.17) is 4.74 Å². The lowest BCUT2D eigenvalue weighted by molar-refractivity contribution is 0.00576. The maximum Gasteiger partial charge on any atom is 0.357 e. The summed E-state index contributed by atoms with van der Waals surface area (Å²) in [7, 11) is 1.84. The summed E-state index contributed by atoms with van der Waals surface area (Å²) in [5, 5.41) is 0. The van der Waals surface area contributed by atoms with Gasteiger partial charge in [0.1, 0.15) is 11.3 Å². The minimum Gasteiger partial charge on any atom is -0.455 e. The summed E-state index contributed by atoms with van der Waals surface area (Å²) < 4.78 is 7.24. The van der Waals surface area contributed by atoms with Crippen LogP contribution < -0.4 is 0 Å². The minimum atomic E-state index is -0.482. The van der Waals surface area contributed by atoms with E-state index in [2.05, 4.69) is 11.6 Å². The molecule has 0 unspecified atom stereocenters. The normalized spacial score (nSPS) is 11.5. The second-order valence-corrected chi connectivity index (χ2v) is 7.10. The van der Waals surface area contributed by atoms with Crippen molar-refractivity contribution in [1.82, 2.24) is 9.55 Å². The first-order valence-electron chi connectivity index (χ1n) is 8.69. The second kappa shape index (κ2) is 9.53. The van der Waals surface area contributed by atoms with Crippen molar-refractivity contribution >= 4 is 5.97 Å². The summed E-state index contributed by atoms with van der Waals surface area (Å²) >= 11 is 0. The number of aryl methyl sites for hydroxylation is 2. The topological polar surface area (TPSA) is 44.1 Å². The molecule has 0 aromatic carbocycles. The molecule has 0 atom stereocenters. The average molecular weight is 320 g/mol. The number of esters is 1. The average Bonchev–Trinajstić information content (AvgIpc) is 2.81. The van der Waals surface area contributed by atoms with Gasteiger partial charge in [-0.25, -0.2) is 9.78 Å². The zero-order valence-corrected chi connectivity index (χ0v) is 15.2. The number of allylic oxidation sites excluding steroid dienone is 1. The van der Waals surface area contributed by atoms with E-state index in [1.807, 2.05) is 33.9 Å². The predicted octanol–water partition coefficient (Wildman–Crippen LogP) is 4.83. The zero-order chi connectivity index (χ0) is 17.3. The first-order chi connectivity index (χ1) is 10.8. The highest BCUT2D eigenvalue weighted by Gasteiger charge is 2.23. The van der Waals surface area contributed by atoms with Crippen LogP contribution in [0.15, 0.2) is 19.0 Å². The highest BCUT2D eigenvalue weighted by Crippen LogP contribution is 2.17. The second-order valence-electron chi connectivity index (χ2n) is 7.10. The minimum absolute atomic E-state index is 0.281. The third kappa shape index (κ3) is 7.49. The Bertz CT molecular complexity index is 498. The number of nitrogens with zero attached hydrogens (tertiary/aromatic N) is 2. The molecule has 0 fully saturated rings. The van der Waals surface area contributed by atoms with Crippen molar-refractivity contribution in [2.24, 2.45) is 7.05 Å². The van der Waals surface area contributed by atoms with Gasteiger partial charge in [-0.3, -0.25) is 0 Å². The van der Waals surface area contributed by atoms with Crippen LogP contribution in [0.5, 0.6) is 0 Å². The molecule has 0 aliphatic carbocycles. The molecule has 1 aromatic rings. The van der Waals surface area contributed by atoms with Crippen LogP contribution in [0.4, 0.5) is 0 Å². The summed E-state index contributed by atoms with van der Waals surface area (Å²) in [4.78, 5) is 16.7. The number of unbranched alkanes of at least 4 members (excludes halogenated alkanes) is 6. The number of rotatable bonds is 10. The first kappa shape index (κ1) is 19.5. The number of ether oxygens (including phenoxy) is 1. The summed E-state index contributed by atoms with van der Waals surface area (Å²) in [5.74, 6) is -0.281. The number of hydrogen-bond acceptors (Lipinski definition) is 3. The lowest BCUT2D eigenvalue weighted by atomic mass is 10.1. The Labute approximate surface area is 140 Å². The van der Waals surface area contributed by atoms with Gasteiger partial charge < -0.3 is 9.30 Å². The Morgan fingerprint density at radius 3 is 2.43 bits per heavy atom. The molecule has 0 N–H and O–H groups in total. The van der Waals surface area contributed by atoms with Crippen LogP contribution in [-0.4, -0.2) is 21.1 Å². The summed E-state index contributed by atoms with van der Waals surface area (Å²) in [6.07, 6.45) is 12.9. The third-order valence-corrected chi connectivity index (χ3v) is 3.68. The molecule has 4 heteroatoms. The zero-order valence-electron chi connectivity index (χ0n) is 15.2. The molecule has 130 valence electrons. The molecule has 23 heavy (non-hydrogen) atoms. The van der Waals surface area contributed by atoms with Crippen LogP contribution in [0.2, 0.25) is 0 Å². The largest absolute Gasteiger partial charge is 0.455 e. The molecule has 1 heterocycles. The number of carbonyl (C=O) groups is 1. The van der Waals surface area contributed by atoms with Gasteiger partial charge in [-0.15, -0.1) is 6.58 Å². The van der Waals surface area contributed by atoms with E-state index in [9.17, 15) is 4.79 Å². The van der Waals surface area contributed by atoms with Gasteiger partial charge in [0.25, 0.3) is 0 Å². The van der Waals surface area contributed by atoms with E-state index in [-0.39, 0.29) is 5.97 Å². The SMILES string of the molecule is C=CCCCCCCCCc1ncn(C)c1C(=O)OC(C)(C)C. The molecular weight excluding hydrogens is 288 g/mol. The van der Waals surface area contributed by atoms with Crippen molar-refractivity contribution in [3.63, 3.8) is 0 Å². The molecular formula is C19H32N2O2. The fourth-order valence-electron chi connectivity index (χ4n) is 2.54. The van der Waals surface area contributed by atoms with Gasteiger partial charge in [-0.2, -0.15) is 0 Å². The fraction of sp³-hybridized carbons (Fsp3) is 0.684. The third-order valence-electron chi connectivity index (χ3n) is 3.68. The molecule has 0 saturated carbocycles. The van der Waals surface area contributed by atoms with Gasteiger partial charge in [0.15, 0.2) is 0 Å². The van der Waals surface area contributed by atoms with E-state index < -0.39 is 5.60 Å². The van der Waals surface area contributed by atoms with Crippen molar-refractivity contribution in [1.29, 1.82) is 0 Å². The van der Waals surface area contributed by atoms with E-state index in [1.54, 1.807) is 10.9 Å². The van der Waals surface area contributed by atoms with Crippen molar-refractivity contribution < 1.29 is 9.53 Å². The van der Waals surface area contributed by atoms with Gasteiger partial charge in [0.05, 0.1) is 12.0 Å². The van der Waals surface area contributed by atoms with Crippen LogP contribution in [0.1, 0.15) is 81.9 Å². The van der Waals surface area contributed by atoms with E-state index in [0.717, 1.165) is 25.0 Å². The van der Waals surface area contributed by atoms with Crippen LogP contribution in [0, 0.1) is 0 Å². The Balaban J connectivity index is 2.40. The molecule has 0 aliphatic heterocycles. The number of imidazole rings is 1. The van der Waals surface area contributed by atoms with Crippen LogP contribution >= 0.6 is 0 Å². The summed E-state index contributed by atoms with van der Waals surface area (Å²) in [5.41, 5.74) is 0.962. The van der Waals surface area contributed by atoms with E-state index in [0.29, 0.717) is 5.69 Å². The van der Waals surface area contributed by atoms with E-state index in [1.165, 1.54) is 32.1 Å². The van der Waals surface area contributed by atoms with Gasteiger partial charge in [0.2, 0.25) is 0 Å². The fourth-order valence-corrected chi connectivity index (χ4v) is 2.54. The molecule has 1 rings (SSSR count). The van der Waals surface area contributed by atoms with Crippen LogP contribution in [-0.2, 0) is 18.2 Å². The molecule has 0 saturated heterocycles. The maximum absolute atomic E-state index is 12.3. The Morgan fingerprint density at radius 1 is 1.22 bits per heavy atom. The Morgan fingerprint density at radius 2 is 1.83 bits per heavy atom. The van der Waals surface area contributed by atoms with Crippen molar-refractivity contribution in [2.45, 2.75) is 77.7 Å². The predicted molar refractivity (Wildman–Crippen MR) is 94.6 cm³/mol. The number of hydrogen-bond donors (Lipinski definition) is 0. The van der Waals surface area contributed by atoms with Crippen molar-refractivity contribution in [3.8, 4) is 0 Å². The van der Waals surface area contributed by atoms with Gasteiger partial charge in [0, 0.05) is 7.05 Å². The summed E-state index contributed by atoms with van der Waals surface area (Å²) in [6.45, 7) is 9.39. The summed E-state index contributed by atoms with van der Waals surface area (Å²) in [6, 6.07) is 0. The highest BCUT2D eigenvalue weighted by atomic mass is 16.6. The van der Waals surface area contributed by atoms with E-state index >= 15 is 0 Å². The monoisotopic (exact) mass is 320 g/mol.